The van der Waals surface area contributed by atoms with Gasteiger partial charge < -0.3 is 14.8 Å². The minimum absolute atomic E-state index is 0.144. The minimum Gasteiger partial charge on any atom is -0.486 e. The Balaban J connectivity index is 1.49. The summed E-state index contributed by atoms with van der Waals surface area (Å²) in [7, 11) is 0. The molecule has 0 atom stereocenters. The van der Waals surface area contributed by atoms with Crippen LogP contribution in [0, 0.1) is 0 Å². The number of carbonyl (C=O) groups excluding carboxylic acids is 1. The molecule has 3 rings (SSSR count). The molecule has 0 saturated heterocycles. The van der Waals surface area contributed by atoms with E-state index in [1.165, 1.54) is 12.8 Å². The molecule has 1 heterocycles. The van der Waals surface area contributed by atoms with E-state index in [0.717, 1.165) is 40.1 Å². The average Bonchev–Trinajstić information content (AvgIpc) is 3.00. The van der Waals surface area contributed by atoms with Crippen molar-refractivity contribution < 1.29 is 14.3 Å². The molecular weight excluding hydrogens is 366 g/mol. The molecule has 0 bridgehead atoms. The van der Waals surface area contributed by atoms with E-state index in [0.29, 0.717) is 25.0 Å². The summed E-state index contributed by atoms with van der Waals surface area (Å²) in [5.74, 6) is 2.99. The summed E-state index contributed by atoms with van der Waals surface area (Å²) in [6, 6.07) is 4.35. The molecular formula is C16H20BrNO3S. The first kappa shape index (κ1) is 16.0. The van der Waals surface area contributed by atoms with Crippen molar-refractivity contribution in [3.05, 3.63) is 22.2 Å². The SMILES string of the molecule is O=C(CSCc1cc2c(cc1Br)OCCO2)NC1CCCC1. The molecule has 6 heteroatoms. The Labute approximate surface area is 143 Å². The van der Waals surface area contributed by atoms with Crippen LogP contribution in [0.1, 0.15) is 31.2 Å². The molecule has 120 valence electrons. The lowest BCUT2D eigenvalue weighted by atomic mass is 10.2. The van der Waals surface area contributed by atoms with Gasteiger partial charge in [0.05, 0.1) is 5.75 Å². The zero-order chi connectivity index (χ0) is 15.4. The van der Waals surface area contributed by atoms with Gasteiger partial charge >= 0.3 is 0 Å². The number of hydrogen-bond donors (Lipinski definition) is 1. The molecule has 0 unspecified atom stereocenters. The molecule has 0 spiro atoms. The maximum absolute atomic E-state index is 11.9. The van der Waals surface area contributed by atoms with Gasteiger partial charge in [-0.3, -0.25) is 4.79 Å². The number of nitrogens with one attached hydrogen (secondary N) is 1. The van der Waals surface area contributed by atoms with Gasteiger partial charge in [0.25, 0.3) is 0 Å². The number of carbonyl (C=O) groups is 1. The molecule has 1 aliphatic carbocycles. The minimum atomic E-state index is 0.144. The summed E-state index contributed by atoms with van der Waals surface area (Å²) < 4.78 is 12.2. The number of halogens is 1. The standard InChI is InChI=1S/C16H20BrNO3S/c17-13-8-15-14(20-5-6-21-15)7-11(13)9-22-10-16(19)18-12-3-1-2-4-12/h7-8,12H,1-6,9-10H2,(H,18,19). The first-order valence-corrected chi connectivity index (χ1v) is 9.62. The smallest absolute Gasteiger partial charge is 0.230 e. The van der Waals surface area contributed by atoms with Crippen LogP contribution < -0.4 is 14.8 Å². The number of hydrogen-bond acceptors (Lipinski definition) is 4. The summed E-state index contributed by atoms with van der Waals surface area (Å²) in [5.41, 5.74) is 1.13. The van der Waals surface area contributed by atoms with Gasteiger partial charge in [0, 0.05) is 16.3 Å². The molecule has 1 amide bonds. The first-order chi connectivity index (χ1) is 10.7. The van der Waals surface area contributed by atoms with Crippen LogP contribution in [0.25, 0.3) is 0 Å². The fraction of sp³-hybridized carbons (Fsp3) is 0.562. The lowest BCUT2D eigenvalue weighted by molar-refractivity contribution is -0.119. The highest BCUT2D eigenvalue weighted by Crippen LogP contribution is 2.36. The van der Waals surface area contributed by atoms with Crippen molar-refractivity contribution >= 4 is 33.6 Å². The van der Waals surface area contributed by atoms with E-state index in [1.807, 2.05) is 12.1 Å². The summed E-state index contributed by atoms with van der Waals surface area (Å²) in [6.45, 7) is 1.18. The van der Waals surface area contributed by atoms with Crippen LogP contribution in [0.5, 0.6) is 11.5 Å². The fourth-order valence-electron chi connectivity index (χ4n) is 2.81. The van der Waals surface area contributed by atoms with Crippen LogP contribution >= 0.6 is 27.7 Å². The van der Waals surface area contributed by atoms with Crippen LogP contribution in [0.15, 0.2) is 16.6 Å². The summed E-state index contributed by atoms with van der Waals surface area (Å²) >= 11 is 5.19. The normalized spacial score (nSPS) is 17.5. The van der Waals surface area contributed by atoms with E-state index in [1.54, 1.807) is 11.8 Å². The lowest BCUT2D eigenvalue weighted by Crippen LogP contribution is -2.33. The predicted molar refractivity (Wildman–Crippen MR) is 91.7 cm³/mol. The molecule has 1 aliphatic heterocycles. The molecule has 1 N–H and O–H groups in total. The largest absolute Gasteiger partial charge is 0.486 e. The van der Waals surface area contributed by atoms with Crippen molar-refractivity contribution in [1.82, 2.24) is 5.32 Å². The summed E-state index contributed by atoms with van der Waals surface area (Å²) in [6.07, 6.45) is 4.73. The zero-order valence-electron chi connectivity index (χ0n) is 12.4. The average molecular weight is 386 g/mol. The number of ether oxygens (including phenoxy) is 2. The number of amides is 1. The topological polar surface area (TPSA) is 47.6 Å². The van der Waals surface area contributed by atoms with Gasteiger partial charge in [-0.1, -0.05) is 28.8 Å². The molecule has 1 aromatic carbocycles. The quantitative estimate of drug-likeness (QED) is 0.842. The van der Waals surface area contributed by atoms with Crippen molar-refractivity contribution in [3.63, 3.8) is 0 Å². The Morgan fingerprint density at radius 1 is 1.23 bits per heavy atom. The summed E-state index contributed by atoms with van der Waals surface area (Å²) in [4.78, 5) is 11.9. The maximum Gasteiger partial charge on any atom is 0.230 e. The van der Waals surface area contributed by atoms with Crippen molar-refractivity contribution in [2.75, 3.05) is 19.0 Å². The van der Waals surface area contributed by atoms with Crippen molar-refractivity contribution in [1.29, 1.82) is 0 Å². The highest BCUT2D eigenvalue weighted by atomic mass is 79.9. The predicted octanol–water partition coefficient (Wildman–Crippen LogP) is 3.51. The number of fused-ring (bicyclic) bond motifs is 1. The van der Waals surface area contributed by atoms with Crippen molar-refractivity contribution in [3.8, 4) is 11.5 Å². The van der Waals surface area contributed by atoms with Gasteiger partial charge in [0.2, 0.25) is 5.91 Å². The van der Waals surface area contributed by atoms with E-state index in [2.05, 4.69) is 21.2 Å². The molecule has 2 aliphatic rings. The molecule has 1 fully saturated rings. The highest BCUT2D eigenvalue weighted by Gasteiger charge is 2.18. The van der Waals surface area contributed by atoms with Crippen molar-refractivity contribution in [2.24, 2.45) is 0 Å². The Bertz CT molecular complexity index is 546. The summed E-state index contributed by atoms with van der Waals surface area (Å²) in [5, 5.41) is 3.11. The molecule has 0 radical (unpaired) electrons. The molecule has 1 saturated carbocycles. The third-order valence-electron chi connectivity index (χ3n) is 3.92. The Hall–Kier alpha value is -0.880. The van der Waals surface area contributed by atoms with Crippen LogP contribution in [0.4, 0.5) is 0 Å². The zero-order valence-corrected chi connectivity index (χ0v) is 14.8. The Morgan fingerprint density at radius 2 is 1.91 bits per heavy atom. The second kappa shape index (κ2) is 7.59. The second-order valence-corrected chi connectivity index (χ2v) is 7.47. The third kappa shape index (κ3) is 4.10. The Morgan fingerprint density at radius 3 is 2.64 bits per heavy atom. The van der Waals surface area contributed by atoms with Gasteiger partial charge in [-0.25, -0.2) is 0 Å². The van der Waals surface area contributed by atoms with Gasteiger partial charge in [-0.05, 0) is 30.5 Å². The fourth-order valence-corrected chi connectivity index (χ4v) is 4.29. The van der Waals surface area contributed by atoms with Gasteiger partial charge in [0.1, 0.15) is 13.2 Å². The van der Waals surface area contributed by atoms with Crippen LogP contribution in [-0.4, -0.2) is 30.9 Å². The monoisotopic (exact) mass is 385 g/mol. The van der Waals surface area contributed by atoms with E-state index >= 15 is 0 Å². The highest BCUT2D eigenvalue weighted by molar-refractivity contribution is 9.10. The molecule has 0 aromatic heterocycles. The molecule has 1 aromatic rings. The maximum atomic E-state index is 11.9. The van der Waals surface area contributed by atoms with Crippen LogP contribution in [-0.2, 0) is 10.5 Å². The Kier molecular flexibility index (Phi) is 5.52. The van der Waals surface area contributed by atoms with Crippen molar-refractivity contribution in [2.45, 2.75) is 37.5 Å². The molecule has 22 heavy (non-hydrogen) atoms. The van der Waals surface area contributed by atoms with Gasteiger partial charge in [-0.2, -0.15) is 0 Å². The van der Waals surface area contributed by atoms with Crippen LogP contribution in [0.3, 0.4) is 0 Å². The van der Waals surface area contributed by atoms with E-state index < -0.39 is 0 Å². The number of benzene rings is 1. The number of rotatable bonds is 5. The van der Waals surface area contributed by atoms with E-state index in [-0.39, 0.29) is 5.91 Å². The van der Waals surface area contributed by atoms with E-state index in [4.69, 9.17) is 9.47 Å². The second-order valence-electron chi connectivity index (χ2n) is 5.63. The van der Waals surface area contributed by atoms with Crippen LogP contribution in [0.2, 0.25) is 0 Å². The third-order valence-corrected chi connectivity index (χ3v) is 5.64. The van der Waals surface area contributed by atoms with Gasteiger partial charge in [0.15, 0.2) is 11.5 Å². The van der Waals surface area contributed by atoms with E-state index in [9.17, 15) is 4.79 Å². The number of thioether (sulfide) groups is 1. The molecule has 4 nitrogen and oxygen atoms in total. The first-order valence-electron chi connectivity index (χ1n) is 7.67. The lowest BCUT2D eigenvalue weighted by Gasteiger charge is -2.20. The van der Waals surface area contributed by atoms with Gasteiger partial charge in [-0.15, -0.1) is 11.8 Å².